The molecule has 0 unspecified atom stereocenters. The Labute approximate surface area is 314 Å². The minimum atomic E-state index is -4.61. The van der Waals surface area contributed by atoms with Crippen molar-refractivity contribution < 1.29 is 36.8 Å². The van der Waals surface area contributed by atoms with Gasteiger partial charge in [-0.05, 0) is 71.9 Å². The number of benzene rings is 2. The summed E-state index contributed by atoms with van der Waals surface area (Å²) in [7, 11) is -1.22. The molecule has 1 aromatic carbocycles. The zero-order valence-electron chi connectivity index (χ0n) is 32.1. The van der Waals surface area contributed by atoms with E-state index in [1.54, 1.807) is 20.3 Å². The Bertz CT molecular complexity index is 2000. The molecular weight excluding hydrogens is 693 g/mol. The topological polar surface area (TPSA) is 132 Å². The van der Waals surface area contributed by atoms with E-state index >= 15 is 0 Å². The van der Waals surface area contributed by atoms with Crippen LogP contribution in [0.5, 0.6) is 0 Å². The van der Waals surface area contributed by atoms with E-state index in [-0.39, 0.29) is 16.7 Å². The van der Waals surface area contributed by atoms with Gasteiger partial charge in [0.15, 0.2) is 13.1 Å². The number of allylic oxidation sites excluding steroid dienone is 7. The number of aliphatic carboxylic acids is 1. The fourth-order valence-corrected chi connectivity index (χ4v) is 7.13. The van der Waals surface area contributed by atoms with Gasteiger partial charge in [-0.2, -0.15) is 0 Å². The third-order valence-electron chi connectivity index (χ3n) is 9.46. The predicted molar refractivity (Wildman–Crippen MR) is 209 cm³/mol. The summed E-state index contributed by atoms with van der Waals surface area (Å²) in [5.74, 6) is 0.725. The fourth-order valence-electron chi connectivity index (χ4n) is 6.63. The van der Waals surface area contributed by atoms with Crippen LogP contribution in [0.3, 0.4) is 0 Å². The summed E-state index contributed by atoms with van der Waals surface area (Å²) in [5, 5.41) is 10.1. The quantitative estimate of drug-likeness (QED) is 0.0665. The van der Waals surface area contributed by atoms with E-state index < -0.39 is 21.5 Å². The van der Waals surface area contributed by atoms with Gasteiger partial charge in [-0.3, -0.25) is 4.79 Å². The summed E-state index contributed by atoms with van der Waals surface area (Å²) in [4.78, 5) is 12.9. The number of ether oxygens (including phenoxy) is 2. The first-order valence-corrected chi connectivity index (χ1v) is 19.4. The standard InChI is InChI=1S/C42H54N2O8S/c1-41(2,3)35-29-32(52-38-28-31(19-21-34(35)38)43(24-26-50-6)25-27-51-7)16-12-9-8-10-13-17-39-42(4,5)36-30-33(53(47,48)49)20-22-37(36)44(39)23-15-11-14-18-40(45)46/h8-10,12-13,16-17,19-22,28-30H,11,14-15,18,23-27H2,1-7H3,(H-,45,46,47,48,49). The van der Waals surface area contributed by atoms with Gasteiger partial charge >= 0.3 is 5.97 Å². The molecule has 11 heteroatoms. The van der Waals surface area contributed by atoms with Gasteiger partial charge in [0.2, 0.25) is 5.36 Å². The van der Waals surface area contributed by atoms with Crippen molar-refractivity contribution in [3.05, 3.63) is 107 Å². The molecule has 3 aliphatic rings. The van der Waals surface area contributed by atoms with Crippen molar-refractivity contribution >= 4 is 27.9 Å². The van der Waals surface area contributed by atoms with Crippen molar-refractivity contribution in [1.29, 1.82) is 0 Å². The Hall–Kier alpha value is -4.29. The maximum atomic E-state index is 11.8. The first-order valence-electron chi connectivity index (χ1n) is 18.0. The van der Waals surface area contributed by atoms with E-state index in [1.165, 1.54) is 17.7 Å². The van der Waals surface area contributed by atoms with Gasteiger partial charge < -0.3 is 28.5 Å². The normalized spacial score (nSPS) is 15.5. The van der Waals surface area contributed by atoms with Crippen LogP contribution in [0, 0.1) is 0 Å². The van der Waals surface area contributed by atoms with E-state index in [0.717, 1.165) is 65.3 Å². The van der Waals surface area contributed by atoms with Crippen molar-refractivity contribution in [2.24, 2.45) is 0 Å². The fraction of sp³-hybridized carbons (Fsp3) is 0.429. The SMILES string of the molecule is COCC[N+](CCOC)=c1ccc2c(C(C)(C)C)cc(/C=C/C=C/C=C/C=C3/N(CCCCCC(=O)O)c4ccc(S(=O)(=O)[O-])cc4C3(C)C)oc-2c1. The largest absolute Gasteiger partial charge is 0.744 e. The molecule has 0 radical (unpaired) electrons. The third kappa shape index (κ3) is 10.9. The summed E-state index contributed by atoms with van der Waals surface area (Å²) in [5.41, 5.74) is 4.14. The molecule has 0 aromatic heterocycles. The number of carboxylic acids is 1. The van der Waals surface area contributed by atoms with Gasteiger partial charge in [-0.25, -0.2) is 13.0 Å². The molecule has 0 atom stereocenters. The molecule has 10 nitrogen and oxygen atoms in total. The molecule has 1 aliphatic carbocycles. The van der Waals surface area contributed by atoms with Crippen LogP contribution in [0.2, 0.25) is 0 Å². The number of anilines is 1. The highest BCUT2D eigenvalue weighted by Crippen LogP contribution is 2.48. The van der Waals surface area contributed by atoms with Crippen LogP contribution in [0.1, 0.15) is 77.2 Å². The molecule has 0 fully saturated rings. The molecule has 0 bridgehead atoms. The van der Waals surface area contributed by atoms with Crippen LogP contribution in [0.4, 0.5) is 5.69 Å². The molecule has 0 spiro atoms. The Morgan fingerprint density at radius 1 is 0.943 bits per heavy atom. The first kappa shape index (κ1) is 41.5. The van der Waals surface area contributed by atoms with Crippen molar-refractivity contribution in [1.82, 2.24) is 4.58 Å². The van der Waals surface area contributed by atoms with Gasteiger partial charge in [0, 0.05) is 55.6 Å². The number of carbonyl (C=O) groups is 1. The third-order valence-corrected chi connectivity index (χ3v) is 10.3. The highest BCUT2D eigenvalue weighted by Gasteiger charge is 2.40. The van der Waals surface area contributed by atoms with E-state index in [0.29, 0.717) is 26.2 Å². The van der Waals surface area contributed by atoms with Crippen LogP contribution in [-0.2, 0) is 35.2 Å². The number of methoxy groups -OCH3 is 2. The van der Waals surface area contributed by atoms with Gasteiger partial charge in [-0.15, -0.1) is 0 Å². The lowest BCUT2D eigenvalue weighted by atomic mass is 9.83. The lowest BCUT2D eigenvalue weighted by Gasteiger charge is -2.27. The number of rotatable bonds is 17. The Kier molecular flexibility index (Phi) is 14.2. The Morgan fingerprint density at radius 2 is 1.62 bits per heavy atom. The zero-order chi connectivity index (χ0) is 38.8. The predicted octanol–water partition coefficient (Wildman–Crippen LogP) is 7.10. The highest BCUT2D eigenvalue weighted by atomic mass is 32.2. The highest BCUT2D eigenvalue weighted by molar-refractivity contribution is 7.85. The molecule has 53 heavy (non-hydrogen) atoms. The molecule has 1 N–H and O–H groups in total. The minimum absolute atomic E-state index is 0.109. The van der Waals surface area contributed by atoms with Crippen LogP contribution in [0.15, 0.2) is 93.9 Å². The second-order valence-corrected chi connectivity index (χ2v) is 16.1. The minimum Gasteiger partial charge on any atom is -0.744 e. The second-order valence-electron chi connectivity index (χ2n) is 14.8. The Morgan fingerprint density at radius 3 is 2.26 bits per heavy atom. The smallest absolute Gasteiger partial charge is 0.303 e. The van der Waals surface area contributed by atoms with Crippen molar-refractivity contribution in [2.45, 2.75) is 76.0 Å². The summed E-state index contributed by atoms with van der Waals surface area (Å²) in [6.07, 6.45) is 15.8. The first-order chi connectivity index (χ1) is 25.1. The average molecular weight is 747 g/mol. The molecule has 0 saturated heterocycles. The van der Waals surface area contributed by atoms with Crippen molar-refractivity contribution in [2.75, 3.05) is 52.0 Å². The van der Waals surface area contributed by atoms with Crippen LogP contribution >= 0.6 is 0 Å². The van der Waals surface area contributed by atoms with Crippen LogP contribution < -0.4 is 14.8 Å². The average Bonchev–Trinajstić information content (AvgIpc) is 3.30. The van der Waals surface area contributed by atoms with E-state index in [1.807, 2.05) is 56.4 Å². The molecular formula is C42H54N2O8S. The van der Waals surface area contributed by atoms with Crippen LogP contribution in [0.25, 0.3) is 17.4 Å². The number of hydrogen-bond acceptors (Lipinski definition) is 8. The summed E-state index contributed by atoms with van der Waals surface area (Å²) in [6.45, 7) is 13.9. The van der Waals surface area contributed by atoms with E-state index in [9.17, 15) is 17.8 Å². The number of carboxylic acid groups (broad SMARTS) is 1. The van der Waals surface area contributed by atoms with Crippen LogP contribution in [-0.4, -0.2) is 71.1 Å². The van der Waals surface area contributed by atoms with Crippen molar-refractivity contribution in [3.8, 4) is 11.3 Å². The molecule has 4 rings (SSSR count). The van der Waals surface area contributed by atoms with Gasteiger partial charge in [-0.1, -0.05) is 71.4 Å². The lowest BCUT2D eigenvalue weighted by Crippen LogP contribution is -2.35. The molecule has 286 valence electrons. The number of fused-ring (bicyclic) bond motifs is 2. The number of unbranched alkanes of at least 4 members (excludes halogenated alkanes) is 2. The van der Waals surface area contributed by atoms with Gasteiger partial charge in [0.05, 0.1) is 11.0 Å². The van der Waals surface area contributed by atoms with E-state index in [2.05, 4.69) is 54.5 Å². The number of nitrogens with zero attached hydrogens (tertiary/aromatic N) is 2. The Balaban J connectivity index is 1.59. The van der Waals surface area contributed by atoms with Crippen molar-refractivity contribution in [3.63, 3.8) is 0 Å². The monoisotopic (exact) mass is 746 g/mol. The summed E-state index contributed by atoms with van der Waals surface area (Å²) in [6, 6.07) is 13.0. The maximum absolute atomic E-state index is 11.8. The molecule has 0 amide bonds. The van der Waals surface area contributed by atoms with Gasteiger partial charge in [0.25, 0.3) is 0 Å². The maximum Gasteiger partial charge on any atom is 0.303 e. The van der Waals surface area contributed by atoms with Gasteiger partial charge in [0.1, 0.15) is 34.9 Å². The zero-order valence-corrected chi connectivity index (χ0v) is 32.9. The summed E-state index contributed by atoms with van der Waals surface area (Å²) >= 11 is 0. The molecule has 2 heterocycles. The van der Waals surface area contributed by atoms with E-state index in [4.69, 9.17) is 19.0 Å². The number of hydrogen-bond donors (Lipinski definition) is 1. The molecule has 2 aliphatic heterocycles. The second kappa shape index (κ2) is 18.2. The molecule has 1 aromatic rings. The lowest BCUT2D eigenvalue weighted by molar-refractivity contribution is -0.137. The molecule has 0 saturated carbocycles. The summed E-state index contributed by atoms with van der Waals surface area (Å²) < 4.78 is 54.9.